The maximum Gasteiger partial charge on any atom is 0.288 e. The minimum absolute atomic E-state index is 0.0382. The zero-order valence-corrected chi connectivity index (χ0v) is 37.2. The quantitative estimate of drug-likeness (QED) is 0.0582. The number of carbonyl (C=O) groups is 3. The van der Waals surface area contributed by atoms with E-state index in [2.05, 4.69) is 28.6 Å². The molecule has 0 bridgehead atoms. The van der Waals surface area contributed by atoms with Crippen LogP contribution in [-0.4, -0.2) is 67.2 Å². The molecule has 9 rings (SSSR count). The molecule has 3 atom stereocenters. The summed E-state index contributed by atoms with van der Waals surface area (Å²) >= 11 is 4.57. The highest BCUT2D eigenvalue weighted by molar-refractivity contribution is 7.86. The summed E-state index contributed by atoms with van der Waals surface area (Å²) in [6.07, 6.45) is 1.39. The Morgan fingerprint density at radius 1 is 0.766 bits per heavy atom. The van der Waals surface area contributed by atoms with Crippen LogP contribution in [0.2, 0.25) is 0 Å². The molecular formula is C47H47N5O10S2. The number of fused-ring (bicyclic) bond motifs is 8. The summed E-state index contributed by atoms with van der Waals surface area (Å²) in [7, 11) is -1.77. The summed E-state index contributed by atoms with van der Waals surface area (Å²) in [6.45, 7) is 3.86. The predicted molar refractivity (Wildman–Crippen MR) is 246 cm³/mol. The third kappa shape index (κ3) is 8.26. The van der Waals surface area contributed by atoms with E-state index in [0.29, 0.717) is 58.1 Å². The van der Waals surface area contributed by atoms with E-state index in [1.807, 2.05) is 56.3 Å². The molecule has 3 unspecified atom stereocenters. The molecule has 0 fully saturated rings. The van der Waals surface area contributed by atoms with Crippen LogP contribution in [0.1, 0.15) is 69.7 Å². The molecule has 0 aromatic heterocycles. The fourth-order valence-corrected chi connectivity index (χ4v) is 9.86. The molecular weight excluding hydrogens is 859 g/mol. The maximum absolute atomic E-state index is 14.2. The van der Waals surface area contributed by atoms with Gasteiger partial charge in [0, 0.05) is 46.8 Å². The van der Waals surface area contributed by atoms with E-state index in [4.69, 9.17) is 18.9 Å². The SMILES string of the molecule is COc1cc2c(cc1OCc1cc(COc3cc4c(cc3OC)C(=O)N3c5ccccc5CC3C(S(=O)(=O)O)N4)cc(NC(=O)CCC(C)(C)S)c1)NC1Cc3ccccc3N1C2=O. The number of nitrogens with one attached hydrogen (secondary N) is 3. The summed E-state index contributed by atoms with van der Waals surface area (Å²) in [6, 6.07) is 25.9. The van der Waals surface area contributed by atoms with Crippen molar-refractivity contribution in [1.29, 1.82) is 0 Å². The second kappa shape index (κ2) is 16.6. The monoisotopic (exact) mass is 905 g/mol. The van der Waals surface area contributed by atoms with Crippen molar-refractivity contribution in [3.63, 3.8) is 0 Å². The van der Waals surface area contributed by atoms with E-state index in [1.54, 1.807) is 41.3 Å². The van der Waals surface area contributed by atoms with Crippen molar-refractivity contribution in [1.82, 2.24) is 0 Å². The van der Waals surface area contributed by atoms with E-state index in [0.717, 1.165) is 16.8 Å². The normalized spacial score (nSPS) is 18.2. The van der Waals surface area contributed by atoms with E-state index in [-0.39, 0.29) is 71.5 Å². The van der Waals surface area contributed by atoms with Crippen LogP contribution in [0.3, 0.4) is 0 Å². The number of benzene rings is 5. The number of hydrogen-bond donors (Lipinski definition) is 5. The largest absolute Gasteiger partial charge is 0.493 e. The molecule has 4 N–H and O–H groups in total. The molecule has 15 nitrogen and oxygen atoms in total. The smallest absolute Gasteiger partial charge is 0.288 e. The number of carbonyl (C=O) groups excluding carboxylic acids is 3. The van der Waals surface area contributed by atoms with Gasteiger partial charge in [-0.1, -0.05) is 50.2 Å². The summed E-state index contributed by atoms with van der Waals surface area (Å²) in [5.41, 5.74) is 6.44. The summed E-state index contributed by atoms with van der Waals surface area (Å²) < 4.78 is 59.9. The fourth-order valence-electron chi connectivity index (χ4n) is 8.85. The first kappa shape index (κ1) is 42.9. The van der Waals surface area contributed by atoms with Crippen LogP contribution >= 0.6 is 12.6 Å². The van der Waals surface area contributed by atoms with Crippen molar-refractivity contribution in [2.45, 2.75) is 75.1 Å². The van der Waals surface area contributed by atoms with Crippen LogP contribution in [0.15, 0.2) is 91.0 Å². The molecule has 0 spiro atoms. The van der Waals surface area contributed by atoms with Gasteiger partial charge in [0.1, 0.15) is 19.4 Å². The third-order valence-electron chi connectivity index (χ3n) is 11.9. The molecule has 3 amide bonds. The van der Waals surface area contributed by atoms with Gasteiger partial charge in [-0.15, -0.1) is 0 Å². The standard InChI is InChI=1S/C47H47N5O10S2/c1-47(2,63)14-13-43(53)48-30-16-26(24-61-40-22-33-31(20-38(40)59-3)46(55)52-36-12-8-6-10-29(36)19-42(52)49-33)15-27(17-30)25-62-41-23-34-32(21-39(41)60-4)45(54)51-35-11-7-5-9-28(35)18-37(51)44(50-34)64(56,57)58/h5-12,15-17,20-23,37,42,44,49-50,63H,13-14,18-19,24-25H2,1-4H3,(H,48,53)(H,56,57,58). The van der Waals surface area contributed by atoms with Gasteiger partial charge in [0.2, 0.25) is 5.91 Å². The van der Waals surface area contributed by atoms with Crippen LogP contribution < -0.4 is 44.7 Å². The van der Waals surface area contributed by atoms with Gasteiger partial charge in [-0.05, 0) is 77.6 Å². The van der Waals surface area contributed by atoms with Gasteiger partial charge in [-0.25, -0.2) is 0 Å². The fraction of sp³-hybridized carbons (Fsp3) is 0.298. The number of anilines is 5. The first-order valence-corrected chi connectivity index (χ1v) is 22.7. The van der Waals surface area contributed by atoms with Gasteiger partial charge in [-0.3, -0.25) is 23.8 Å². The Bertz CT molecular complexity index is 2830. The molecule has 17 heteroatoms. The number of methoxy groups -OCH3 is 2. The number of ether oxygens (including phenoxy) is 4. The Kier molecular flexibility index (Phi) is 11.1. The lowest BCUT2D eigenvalue weighted by molar-refractivity contribution is -0.116. The van der Waals surface area contributed by atoms with Gasteiger partial charge in [0.05, 0.1) is 42.8 Å². The molecule has 0 saturated heterocycles. The maximum atomic E-state index is 14.2. The van der Waals surface area contributed by atoms with Crippen LogP contribution in [-0.2, 0) is 41.0 Å². The minimum atomic E-state index is -4.71. The minimum Gasteiger partial charge on any atom is -0.493 e. The number of nitrogens with zero attached hydrogens (tertiary/aromatic N) is 2. The lowest BCUT2D eigenvalue weighted by atomic mass is 10.1. The number of hydrogen-bond acceptors (Lipinski definition) is 12. The van der Waals surface area contributed by atoms with Crippen molar-refractivity contribution >= 4 is 68.9 Å². The van der Waals surface area contributed by atoms with Crippen LogP contribution in [0.25, 0.3) is 0 Å². The Labute approximate surface area is 376 Å². The third-order valence-corrected chi connectivity index (χ3v) is 13.2. The van der Waals surface area contributed by atoms with Gasteiger partial charge in [-0.2, -0.15) is 21.0 Å². The highest BCUT2D eigenvalue weighted by atomic mass is 32.2. The lowest BCUT2D eigenvalue weighted by Crippen LogP contribution is -2.49. The van der Waals surface area contributed by atoms with Crippen molar-refractivity contribution in [3.8, 4) is 23.0 Å². The number of rotatable bonds is 13. The molecule has 4 heterocycles. The number of thiol groups is 1. The Morgan fingerprint density at radius 2 is 1.30 bits per heavy atom. The summed E-state index contributed by atoms with van der Waals surface area (Å²) in [5.74, 6) is 0.352. The average Bonchev–Trinajstić information content (AvgIpc) is 3.80. The molecule has 64 heavy (non-hydrogen) atoms. The van der Waals surface area contributed by atoms with Crippen LogP contribution in [0.5, 0.6) is 23.0 Å². The summed E-state index contributed by atoms with van der Waals surface area (Å²) in [4.78, 5) is 44.3. The van der Waals surface area contributed by atoms with Gasteiger partial charge >= 0.3 is 0 Å². The number of amides is 3. The lowest BCUT2D eigenvalue weighted by Gasteiger charge is -2.33. The van der Waals surface area contributed by atoms with Crippen molar-refractivity contribution in [2.75, 3.05) is 40.0 Å². The molecule has 4 aliphatic heterocycles. The second-order valence-corrected chi connectivity index (χ2v) is 19.6. The van der Waals surface area contributed by atoms with E-state index in [9.17, 15) is 27.4 Å². The topological polar surface area (TPSA) is 185 Å². The zero-order chi connectivity index (χ0) is 45.1. The van der Waals surface area contributed by atoms with E-state index < -0.39 is 27.4 Å². The second-order valence-electron chi connectivity index (χ2n) is 16.9. The van der Waals surface area contributed by atoms with Crippen molar-refractivity contribution < 1.29 is 46.3 Å². The number of para-hydroxylation sites is 2. The molecule has 5 aromatic carbocycles. The first-order valence-electron chi connectivity index (χ1n) is 20.8. The Morgan fingerprint density at radius 3 is 1.86 bits per heavy atom. The molecule has 4 aliphatic rings. The Hall–Kier alpha value is -6.43. The highest BCUT2D eigenvalue weighted by Crippen LogP contribution is 2.45. The van der Waals surface area contributed by atoms with E-state index in [1.165, 1.54) is 31.3 Å². The van der Waals surface area contributed by atoms with Gasteiger partial charge < -0.3 is 39.8 Å². The molecule has 0 radical (unpaired) electrons. The van der Waals surface area contributed by atoms with Crippen LogP contribution in [0.4, 0.5) is 28.4 Å². The highest BCUT2D eigenvalue weighted by Gasteiger charge is 2.47. The molecule has 0 saturated carbocycles. The van der Waals surface area contributed by atoms with Crippen molar-refractivity contribution in [3.05, 3.63) is 124 Å². The van der Waals surface area contributed by atoms with E-state index >= 15 is 0 Å². The Balaban J connectivity index is 0.992. The molecule has 5 aromatic rings. The first-order chi connectivity index (χ1) is 30.6. The predicted octanol–water partition coefficient (Wildman–Crippen LogP) is 7.45. The van der Waals surface area contributed by atoms with Gasteiger partial charge in [0.25, 0.3) is 21.9 Å². The molecule has 332 valence electrons. The zero-order valence-electron chi connectivity index (χ0n) is 35.5. The van der Waals surface area contributed by atoms with Crippen LogP contribution in [0, 0.1) is 0 Å². The molecule has 0 aliphatic carbocycles. The summed E-state index contributed by atoms with van der Waals surface area (Å²) in [5, 5.41) is 7.88. The van der Waals surface area contributed by atoms with Crippen molar-refractivity contribution in [2.24, 2.45) is 0 Å². The van der Waals surface area contributed by atoms with Gasteiger partial charge in [0.15, 0.2) is 28.4 Å². The average molecular weight is 906 g/mol.